The van der Waals surface area contributed by atoms with Crippen LogP contribution in [0.15, 0.2) is 12.7 Å². The minimum Gasteiger partial charge on any atom is -0.378 e. The number of rotatable bonds is 4. The zero-order valence-electron chi connectivity index (χ0n) is 6.43. The first-order chi connectivity index (χ1) is 4.62. The molecule has 0 aromatic heterocycles. The molecular formula is C9H14O. The number of terminal acetylenes is 1. The first-order valence-electron chi connectivity index (χ1n) is 3.43. The number of aliphatic hydroxyl groups is 1. The molecule has 0 saturated heterocycles. The summed E-state index contributed by atoms with van der Waals surface area (Å²) in [5, 5.41) is 9.28. The van der Waals surface area contributed by atoms with Gasteiger partial charge >= 0.3 is 0 Å². The Morgan fingerprint density at radius 3 is 2.80 bits per heavy atom. The summed E-state index contributed by atoms with van der Waals surface area (Å²) in [5.74, 6) is 2.32. The van der Waals surface area contributed by atoms with Crippen LogP contribution >= 0.6 is 0 Å². The average molecular weight is 138 g/mol. The van der Waals surface area contributed by atoms with Crippen molar-refractivity contribution in [3.8, 4) is 12.3 Å². The van der Waals surface area contributed by atoms with Crippen molar-refractivity contribution in [1.82, 2.24) is 0 Å². The highest BCUT2D eigenvalue weighted by atomic mass is 16.3. The molecule has 1 nitrogen and oxygen atoms in total. The topological polar surface area (TPSA) is 20.2 Å². The van der Waals surface area contributed by atoms with Crippen LogP contribution in [0.5, 0.6) is 0 Å². The summed E-state index contributed by atoms with van der Waals surface area (Å²) < 4.78 is 0. The summed E-state index contributed by atoms with van der Waals surface area (Å²) in [7, 11) is 0. The van der Waals surface area contributed by atoms with E-state index < -0.39 is 5.60 Å². The molecule has 0 heterocycles. The van der Waals surface area contributed by atoms with Gasteiger partial charge < -0.3 is 5.11 Å². The maximum absolute atomic E-state index is 9.28. The Morgan fingerprint density at radius 1 is 1.80 bits per heavy atom. The van der Waals surface area contributed by atoms with Crippen molar-refractivity contribution in [2.75, 3.05) is 0 Å². The van der Waals surface area contributed by atoms with Crippen LogP contribution in [0.3, 0.4) is 0 Å². The van der Waals surface area contributed by atoms with E-state index in [1.807, 2.05) is 6.08 Å². The fraction of sp³-hybridized carbons (Fsp3) is 0.556. The average Bonchev–Trinajstić information content (AvgIpc) is 1.89. The van der Waals surface area contributed by atoms with Gasteiger partial charge in [0, 0.05) is 0 Å². The predicted octanol–water partition coefficient (Wildman–Crippen LogP) is 1.73. The lowest BCUT2D eigenvalue weighted by Crippen LogP contribution is -2.20. The second kappa shape index (κ2) is 4.14. The Morgan fingerprint density at radius 2 is 2.40 bits per heavy atom. The van der Waals surface area contributed by atoms with E-state index in [9.17, 15) is 5.11 Å². The fourth-order valence-electron chi connectivity index (χ4n) is 0.663. The third kappa shape index (κ3) is 4.17. The lowest BCUT2D eigenvalue weighted by atomic mass is 10.0. The van der Waals surface area contributed by atoms with Crippen LogP contribution in [0.1, 0.15) is 26.2 Å². The molecule has 0 bridgehead atoms. The summed E-state index contributed by atoms with van der Waals surface area (Å²) in [4.78, 5) is 0. The van der Waals surface area contributed by atoms with Gasteiger partial charge in [0.1, 0.15) is 5.60 Å². The van der Waals surface area contributed by atoms with Gasteiger partial charge in [-0.2, -0.15) is 0 Å². The molecule has 0 aromatic carbocycles. The normalized spacial score (nSPS) is 15.3. The summed E-state index contributed by atoms with van der Waals surface area (Å²) in [5.41, 5.74) is -0.928. The van der Waals surface area contributed by atoms with E-state index in [4.69, 9.17) is 6.42 Å². The summed E-state index contributed by atoms with van der Waals surface area (Å²) >= 11 is 0. The highest BCUT2D eigenvalue weighted by Crippen LogP contribution is 2.11. The molecule has 0 aromatic rings. The SMILES string of the molecule is C#CC(C)(O)CCCC=C. The van der Waals surface area contributed by atoms with Crippen molar-refractivity contribution in [3.63, 3.8) is 0 Å². The Bertz CT molecular complexity index is 139. The predicted molar refractivity (Wildman–Crippen MR) is 43.5 cm³/mol. The van der Waals surface area contributed by atoms with Gasteiger partial charge in [0.2, 0.25) is 0 Å². The molecule has 0 aliphatic carbocycles. The Kier molecular flexibility index (Phi) is 3.83. The molecule has 0 spiro atoms. The summed E-state index contributed by atoms with van der Waals surface area (Å²) in [6, 6.07) is 0. The molecule has 10 heavy (non-hydrogen) atoms. The van der Waals surface area contributed by atoms with E-state index in [-0.39, 0.29) is 0 Å². The zero-order chi connectivity index (χ0) is 8.04. The van der Waals surface area contributed by atoms with Crippen molar-refractivity contribution < 1.29 is 5.11 Å². The summed E-state index contributed by atoms with van der Waals surface area (Å²) in [6.07, 6.45) is 9.36. The van der Waals surface area contributed by atoms with Gasteiger partial charge in [0.25, 0.3) is 0 Å². The van der Waals surface area contributed by atoms with Crippen LogP contribution in [-0.4, -0.2) is 10.7 Å². The van der Waals surface area contributed by atoms with Crippen molar-refractivity contribution in [3.05, 3.63) is 12.7 Å². The van der Waals surface area contributed by atoms with E-state index >= 15 is 0 Å². The fourth-order valence-corrected chi connectivity index (χ4v) is 0.663. The molecule has 0 rings (SSSR count). The third-order valence-electron chi connectivity index (χ3n) is 1.38. The van der Waals surface area contributed by atoms with E-state index in [2.05, 4.69) is 12.5 Å². The molecule has 0 radical (unpaired) electrons. The van der Waals surface area contributed by atoms with Gasteiger partial charge in [0.15, 0.2) is 0 Å². The quantitative estimate of drug-likeness (QED) is 0.356. The first kappa shape index (κ1) is 9.26. The van der Waals surface area contributed by atoms with Crippen LogP contribution < -0.4 is 0 Å². The van der Waals surface area contributed by atoms with Gasteiger partial charge in [-0.1, -0.05) is 12.0 Å². The largest absolute Gasteiger partial charge is 0.378 e. The van der Waals surface area contributed by atoms with Gasteiger partial charge in [-0.05, 0) is 26.2 Å². The molecule has 0 amide bonds. The molecule has 1 atom stereocenters. The highest BCUT2D eigenvalue weighted by Gasteiger charge is 2.14. The van der Waals surface area contributed by atoms with Crippen LogP contribution in [0.25, 0.3) is 0 Å². The number of allylic oxidation sites excluding steroid dienone is 1. The maximum Gasteiger partial charge on any atom is 0.122 e. The Hall–Kier alpha value is -0.740. The zero-order valence-corrected chi connectivity index (χ0v) is 6.43. The third-order valence-corrected chi connectivity index (χ3v) is 1.38. The molecule has 1 N–H and O–H groups in total. The summed E-state index contributed by atoms with van der Waals surface area (Å²) in [6.45, 7) is 5.22. The molecule has 0 fully saturated rings. The van der Waals surface area contributed by atoms with E-state index in [1.165, 1.54) is 0 Å². The molecule has 1 heteroatoms. The monoisotopic (exact) mass is 138 g/mol. The van der Waals surface area contributed by atoms with Gasteiger partial charge in [-0.25, -0.2) is 0 Å². The molecule has 0 saturated carbocycles. The Balaban J connectivity index is 3.49. The van der Waals surface area contributed by atoms with E-state index in [1.54, 1.807) is 6.92 Å². The van der Waals surface area contributed by atoms with Gasteiger partial charge in [-0.15, -0.1) is 13.0 Å². The molecule has 56 valence electrons. The minimum absolute atomic E-state index is 0.648. The van der Waals surface area contributed by atoms with Crippen LogP contribution in [-0.2, 0) is 0 Å². The van der Waals surface area contributed by atoms with Crippen molar-refractivity contribution in [2.45, 2.75) is 31.8 Å². The van der Waals surface area contributed by atoms with E-state index in [0.717, 1.165) is 12.8 Å². The molecule has 0 aliphatic rings. The van der Waals surface area contributed by atoms with E-state index in [0.29, 0.717) is 6.42 Å². The second-order valence-corrected chi connectivity index (χ2v) is 2.60. The maximum atomic E-state index is 9.28. The molecular weight excluding hydrogens is 124 g/mol. The number of unbranched alkanes of at least 4 members (excludes halogenated alkanes) is 1. The number of hydrogen-bond acceptors (Lipinski definition) is 1. The van der Waals surface area contributed by atoms with Crippen LogP contribution in [0, 0.1) is 12.3 Å². The minimum atomic E-state index is -0.928. The lowest BCUT2D eigenvalue weighted by molar-refractivity contribution is 0.110. The van der Waals surface area contributed by atoms with Crippen molar-refractivity contribution in [2.24, 2.45) is 0 Å². The first-order valence-corrected chi connectivity index (χ1v) is 3.43. The second-order valence-electron chi connectivity index (χ2n) is 2.60. The van der Waals surface area contributed by atoms with Gasteiger partial charge in [-0.3, -0.25) is 0 Å². The molecule has 0 aliphatic heterocycles. The smallest absolute Gasteiger partial charge is 0.122 e. The van der Waals surface area contributed by atoms with Gasteiger partial charge in [0.05, 0.1) is 0 Å². The molecule has 1 unspecified atom stereocenters. The Labute approximate surface area is 62.8 Å². The number of hydrogen-bond donors (Lipinski definition) is 1. The highest BCUT2D eigenvalue weighted by molar-refractivity contribution is 5.04. The van der Waals surface area contributed by atoms with Crippen LogP contribution in [0.2, 0.25) is 0 Å². The lowest BCUT2D eigenvalue weighted by Gasteiger charge is -2.14. The van der Waals surface area contributed by atoms with Crippen molar-refractivity contribution in [1.29, 1.82) is 0 Å². The van der Waals surface area contributed by atoms with Crippen molar-refractivity contribution >= 4 is 0 Å². The van der Waals surface area contributed by atoms with Crippen LogP contribution in [0.4, 0.5) is 0 Å². The standard InChI is InChI=1S/C9H14O/c1-4-6-7-8-9(3,10)5-2/h2,4,10H,1,6-8H2,3H3.